The number of fused-ring (bicyclic) bond motifs is 1. The van der Waals surface area contributed by atoms with Crippen LogP contribution >= 0.6 is 0 Å². The van der Waals surface area contributed by atoms with Crippen molar-refractivity contribution in [3.8, 4) is 0 Å². The molecule has 144 valence electrons. The zero-order valence-electron chi connectivity index (χ0n) is 15.5. The Morgan fingerprint density at radius 3 is 2.33 bits per heavy atom. The molecule has 3 rings (SSSR count). The van der Waals surface area contributed by atoms with Gasteiger partial charge in [-0.1, -0.05) is 18.2 Å². The Labute approximate surface area is 157 Å². The number of allylic oxidation sites excluding steroid dienone is 1. The van der Waals surface area contributed by atoms with Crippen molar-refractivity contribution in [2.75, 3.05) is 26.2 Å². The molecule has 1 aromatic heterocycles. The highest BCUT2D eigenvalue weighted by Gasteiger charge is 2.14. The third-order valence-corrected chi connectivity index (χ3v) is 4.96. The molecular formula is C20H26N4O3. The van der Waals surface area contributed by atoms with Gasteiger partial charge in [-0.3, -0.25) is 19.0 Å². The first-order valence-electron chi connectivity index (χ1n) is 9.44. The minimum absolute atomic E-state index is 0.111. The summed E-state index contributed by atoms with van der Waals surface area (Å²) in [7, 11) is 0. The molecule has 2 heterocycles. The van der Waals surface area contributed by atoms with Crippen LogP contribution in [-0.4, -0.2) is 46.1 Å². The van der Waals surface area contributed by atoms with Crippen LogP contribution in [0, 0.1) is 0 Å². The number of hydrogen-bond donors (Lipinski definition) is 1. The second-order valence-electron chi connectivity index (χ2n) is 6.80. The first kappa shape index (κ1) is 19.1. The lowest BCUT2D eigenvalue weighted by Gasteiger charge is -2.16. The van der Waals surface area contributed by atoms with Crippen LogP contribution in [0.3, 0.4) is 0 Å². The predicted octanol–water partition coefficient (Wildman–Crippen LogP) is 0.951. The molecule has 0 radical (unpaired) electrons. The van der Waals surface area contributed by atoms with Gasteiger partial charge < -0.3 is 14.8 Å². The summed E-state index contributed by atoms with van der Waals surface area (Å²) in [5, 5.41) is 2.90. The van der Waals surface area contributed by atoms with E-state index in [1.807, 2.05) is 12.1 Å². The van der Waals surface area contributed by atoms with Crippen molar-refractivity contribution in [2.24, 2.45) is 0 Å². The number of aryl methyl sites for hydroxylation is 1. The number of para-hydroxylation sites is 2. The van der Waals surface area contributed by atoms with Gasteiger partial charge in [0.25, 0.3) is 0 Å². The molecule has 7 nitrogen and oxygen atoms in total. The molecule has 0 atom stereocenters. The number of aromatic nitrogens is 2. The normalized spacial score (nSPS) is 14.5. The Kier molecular flexibility index (Phi) is 6.24. The molecule has 0 bridgehead atoms. The Morgan fingerprint density at radius 1 is 1.04 bits per heavy atom. The lowest BCUT2D eigenvalue weighted by atomic mass is 10.2. The maximum atomic E-state index is 12.5. The van der Waals surface area contributed by atoms with Crippen LogP contribution in [0.25, 0.3) is 11.0 Å². The van der Waals surface area contributed by atoms with Gasteiger partial charge >= 0.3 is 11.1 Å². The number of carbonyl (C=O) groups excluding carboxylic acids is 1. The van der Waals surface area contributed by atoms with Gasteiger partial charge in [0.2, 0.25) is 5.91 Å². The second-order valence-corrected chi connectivity index (χ2v) is 6.80. The van der Waals surface area contributed by atoms with E-state index in [9.17, 15) is 14.4 Å². The van der Waals surface area contributed by atoms with Crippen molar-refractivity contribution in [2.45, 2.75) is 32.4 Å². The molecule has 1 amide bonds. The van der Waals surface area contributed by atoms with E-state index >= 15 is 0 Å². The fraction of sp³-hybridized carbons (Fsp3) is 0.450. The van der Waals surface area contributed by atoms with E-state index in [4.69, 9.17) is 0 Å². The summed E-state index contributed by atoms with van der Waals surface area (Å²) in [6.45, 7) is 7.75. The van der Waals surface area contributed by atoms with E-state index < -0.39 is 11.1 Å². The van der Waals surface area contributed by atoms with Crippen molar-refractivity contribution >= 4 is 16.9 Å². The van der Waals surface area contributed by atoms with Crippen molar-refractivity contribution in [1.29, 1.82) is 0 Å². The van der Waals surface area contributed by atoms with Crippen LogP contribution in [-0.2, 0) is 17.9 Å². The second kappa shape index (κ2) is 8.81. The summed E-state index contributed by atoms with van der Waals surface area (Å²) in [4.78, 5) is 39.5. The van der Waals surface area contributed by atoms with Crippen LogP contribution in [0.2, 0.25) is 0 Å². The van der Waals surface area contributed by atoms with Crippen molar-refractivity contribution in [1.82, 2.24) is 19.4 Å². The van der Waals surface area contributed by atoms with Crippen LogP contribution in [0.4, 0.5) is 0 Å². The van der Waals surface area contributed by atoms with Gasteiger partial charge in [0, 0.05) is 32.6 Å². The smallest absolute Gasteiger partial charge is 0.317 e. The molecule has 2 aromatic rings. The van der Waals surface area contributed by atoms with Crippen molar-refractivity contribution in [3.05, 3.63) is 57.6 Å². The number of likely N-dealkylation sites (tertiary alicyclic amines) is 1. The molecule has 0 unspecified atom stereocenters. The van der Waals surface area contributed by atoms with Crippen LogP contribution in [0.1, 0.15) is 19.3 Å². The minimum atomic E-state index is -0.611. The maximum absolute atomic E-state index is 12.5. The van der Waals surface area contributed by atoms with Gasteiger partial charge in [-0.15, -0.1) is 6.58 Å². The van der Waals surface area contributed by atoms with Crippen molar-refractivity contribution in [3.63, 3.8) is 0 Å². The average molecular weight is 370 g/mol. The number of carbonyl (C=O) groups is 1. The number of nitrogens with zero attached hydrogens (tertiary/aromatic N) is 3. The molecular weight excluding hydrogens is 344 g/mol. The number of amides is 1. The topological polar surface area (TPSA) is 76.3 Å². The molecule has 1 aliphatic rings. The number of rotatable bonds is 8. The monoisotopic (exact) mass is 370 g/mol. The van der Waals surface area contributed by atoms with E-state index in [-0.39, 0.29) is 25.4 Å². The van der Waals surface area contributed by atoms with Gasteiger partial charge in [-0.25, -0.2) is 0 Å². The molecule has 0 saturated carbocycles. The highest BCUT2D eigenvalue weighted by atomic mass is 16.2. The van der Waals surface area contributed by atoms with Crippen LogP contribution in [0.5, 0.6) is 0 Å². The summed E-state index contributed by atoms with van der Waals surface area (Å²) in [6, 6.07) is 7.23. The maximum Gasteiger partial charge on any atom is 0.317 e. The Bertz CT molecular complexity index is 938. The summed E-state index contributed by atoms with van der Waals surface area (Å²) < 4.78 is 2.81. The molecule has 1 fully saturated rings. The molecule has 1 saturated heterocycles. The molecule has 0 aliphatic carbocycles. The highest BCUT2D eigenvalue weighted by Crippen LogP contribution is 2.11. The van der Waals surface area contributed by atoms with Crippen LogP contribution < -0.4 is 16.4 Å². The van der Waals surface area contributed by atoms with Crippen molar-refractivity contribution < 1.29 is 4.79 Å². The fourth-order valence-corrected chi connectivity index (χ4v) is 3.56. The molecule has 1 aromatic carbocycles. The van der Waals surface area contributed by atoms with E-state index in [1.54, 1.807) is 18.2 Å². The standard InChI is InChI=1S/C20H26N4O3/c1-2-11-23-16-7-3-4-8-17(16)24(20(27)19(23)26)14-9-18(25)21-10-15-22-12-5-6-13-22/h2-4,7-8H,1,5-6,9-15H2,(H,21,25). The molecule has 1 N–H and O–H groups in total. The Morgan fingerprint density at radius 2 is 1.67 bits per heavy atom. The van der Waals surface area contributed by atoms with E-state index in [2.05, 4.69) is 16.8 Å². The lowest BCUT2D eigenvalue weighted by Crippen LogP contribution is -2.42. The summed E-state index contributed by atoms with van der Waals surface area (Å²) in [6.07, 6.45) is 4.20. The SMILES string of the molecule is C=CCn1c(=O)c(=O)n(CCC(=O)NCCN2CCCC2)c2ccccc21. The largest absolute Gasteiger partial charge is 0.355 e. The lowest BCUT2D eigenvalue weighted by molar-refractivity contribution is -0.121. The zero-order chi connectivity index (χ0) is 19.2. The predicted molar refractivity (Wildman–Crippen MR) is 106 cm³/mol. The summed E-state index contributed by atoms with van der Waals surface area (Å²) in [5.41, 5.74) is 0.105. The summed E-state index contributed by atoms with van der Waals surface area (Å²) in [5.74, 6) is -0.111. The van der Waals surface area contributed by atoms with Gasteiger partial charge in [-0.05, 0) is 38.1 Å². The fourth-order valence-electron chi connectivity index (χ4n) is 3.56. The molecule has 27 heavy (non-hydrogen) atoms. The molecule has 0 spiro atoms. The summed E-state index contributed by atoms with van der Waals surface area (Å²) >= 11 is 0. The first-order chi connectivity index (χ1) is 13.1. The Hall–Kier alpha value is -2.67. The molecule has 7 heteroatoms. The highest BCUT2D eigenvalue weighted by molar-refractivity contribution is 5.77. The van der Waals surface area contributed by atoms with E-state index in [1.165, 1.54) is 22.0 Å². The van der Waals surface area contributed by atoms with Gasteiger partial charge in [-0.2, -0.15) is 0 Å². The van der Waals surface area contributed by atoms with E-state index in [0.717, 1.165) is 19.6 Å². The Balaban J connectivity index is 1.71. The third-order valence-electron chi connectivity index (χ3n) is 4.96. The average Bonchev–Trinajstić information content (AvgIpc) is 3.19. The van der Waals surface area contributed by atoms with Gasteiger partial charge in [0.1, 0.15) is 0 Å². The van der Waals surface area contributed by atoms with E-state index in [0.29, 0.717) is 17.6 Å². The number of nitrogens with one attached hydrogen (secondary N) is 1. The zero-order valence-corrected chi connectivity index (χ0v) is 15.5. The quantitative estimate of drug-likeness (QED) is 0.555. The molecule has 1 aliphatic heterocycles. The third kappa shape index (κ3) is 4.36. The minimum Gasteiger partial charge on any atom is -0.355 e. The first-order valence-corrected chi connectivity index (χ1v) is 9.44. The van der Waals surface area contributed by atoms with Crippen LogP contribution in [0.15, 0.2) is 46.5 Å². The number of hydrogen-bond acceptors (Lipinski definition) is 4. The van der Waals surface area contributed by atoms with Gasteiger partial charge in [0.15, 0.2) is 0 Å². The number of benzene rings is 1. The van der Waals surface area contributed by atoms with Gasteiger partial charge in [0.05, 0.1) is 11.0 Å².